The summed E-state index contributed by atoms with van der Waals surface area (Å²) in [7, 11) is 2.00. The fourth-order valence-electron chi connectivity index (χ4n) is 2.78. The lowest BCUT2D eigenvalue weighted by atomic mass is 10.1. The van der Waals surface area contributed by atoms with Crippen LogP contribution in [0.3, 0.4) is 0 Å². The highest BCUT2D eigenvalue weighted by molar-refractivity contribution is 7.99. The van der Waals surface area contributed by atoms with Crippen molar-refractivity contribution < 1.29 is 0 Å². The second-order valence-corrected chi connectivity index (χ2v) is 6.45. The molecule has 3 nitrogen and oxygen atoms in total. The normalized spacial score (nSPS) is 19.5. The van der Waals surface area contributed by atoms with Crippen LogP contribution in [0.1, 0.15) is 12.5 Å². The second-order valence-electron chi connectivity index (χ2n) is 5.30. The van der Waals surface area contributed by atoms with Gasteiger partial charge in [-0.25, -0.2) is 4.98 Å². The maximum atomic E-state index is 4.88. The number of pyridine rings is 1. The van der Waals surface area contributed by atoms with Gasteiger partial charge in [-0.1, -0.05) is 18.2 Å². The average Bonchev–Trinajstić information content (AvgIpc) is 2.48. The molecule has 4 heteroatoms. The lowest BCUT2D eigenvalue weighted by Crippen LogP contribution is -2.41. The van der Waals surface area contributed by atoms with E-state index in [0.717, 1.165) is 24.4 Å². The molecule has 1 aromatic carbocycles. The molecule has 20 heavy (non-hydrogen) atoms. The number of fused-ring (bicyclic) bond motifs is 1. The summed E-state index contributed by atoms with van der Waals surface area (Å²) in [6.07, 6.45) is 0. The third-order valence-electron chi connectivity index (χ3n) is 3.82. The Hall–Kier alpha value is -1.26. The Morgan fingerprint density at radius 3 is 3.05 bits per heavy atom. The highest BCUT2D eigenvalue weighted by Crippen LogP contribution is 2.27. The molecule has 1 saturated heterocycles. The number of para-hydroxylation sites is 1. The van der Waals surface area contributed by atoms with E-state index in [0.29, 0.717) is 6.04 Å². The van der Waals surface area contributed by atoms with E-state index in [-0.39, 0.29) is 0 Å². The standard InChI is InChI=1S/C16H21N3S/c1-12-11-20-8-7-19(12)16-9-13(10-17-2)14-5-3-4-6-15(14)18-16/h3-6,9,12,17H,7-8,10-11H2,1-2H3. The van der Waals surface area contributed by atoms with Gasteiger partial charge in [-0.15, -0.1) is 0 Å². The number of anilines is 1. The van der Waals surface area contributed by atoms with Gasteiger partial charge in [0.2, 0.25) is 0 Å². The molecule has 1 fully saturated rings. The van der Waals surface area contributed by atoms with Crippen molar-refractivity contribution in [3.05, 3.63) is 35.9 Å². The van der Waals surface area contributed by atoms with Crippen molar-refractivity contribution in [2.75, 3.05) is 30.0 Å². The third-order valence-corrected chi connectivity index (χ3v) is 5.01. The predicted octanol–water partition coefficient (Wildman–Crippen LogP) is 2.90. The molecule has 0 saturated carbocycles. The molecule has 3 rings (SSSR count). The van der Waals surface area contributed by atoms with Crippen molar-refractivity contribution in [3.63, 3.8) is 0 Å². The summed E-state index contributed by atoms with van der Waals surface area (Å²) in [6, 6.07) is 11.2. The fourth-order valence-corrected chi connectivity index (χ4v) is 3.80. The molecule has 0 bridgehead atoms. The van der Waals surface area contributed by atoms with E-state index in [9.17, 15) is 0 Å². The monoisotopic (exact) mass is 287 g/mol. The number of benzene rings is 1. The van der Waals surface area contributed by atoms with Gasteiger partial charge in [0, 0.05) is 36.0 Å². The van der Waals surface area contributed by atoms with Crippen LogP contribution in [-0.4, -0.2) is 36.1 Å². The minimum atomic E-state index is 0.560. The van der Waals surface area contributed by atoms with Crippen LogP contribution in [0.15, 0.2) is 30.3 Å². The van der Waals surface area contributed by atoms with Crippen molar-refractivity contribution in [1.29, 1.82) is 0 Å². The van der Waals surface area contributed by atoms with Crippen molar-refractivity contribution in [2.24, 2.45) is 0 Å². The summed E-state index contributed by atoms with van der Waals surface area (Å²) in [5.41, 5.74) is 2.43. The number of nitrogens with one attached hydrogen (secondary N) is 1. The third kappa shape index (κ3) is 2.63. The zero-order valence-electron chi connectivity index (χ0n) is 12.1. The van der Waals surface area contributed by atoms with E-state index in [1.165, 1.54) is 22.5 Å². The fraction of sp³-hybridized carbons (Fsp3) is 0.438. The van der Waals surface area contributed by atoms with E-state index < -0.39 is 0 Å². The number of hydrogen-bond acceptors (Lipinski definition) is 4. The van der Waals surface area contributed by atoms with Crippen molar-refractivity contribution in [1.82, 2.24) is 10.3 Å². The van der Waals surface area contributed by atoms with Gasteiger partial charge in [0.25, 0.3) is 0 Å². The maximum absolute atomic E-state index is 4.88. The first kappa shape index (κ1) is 13.7. The van der Waals surface area contributed by atoms with E-state index in [1.807, 2.05) is 18.8 Å². The van der Waals surface area contributed by atoms with Crippen molar-refractivity contribution in [2.45, 2.75) is 19.5 Å². The second kappa shape index (κ2) is 6.02. The van der Waals surface area contributed by atoms with Crippen LogP contribution in [0.25, 0.3) is 10.9 Å². The van der Waals surface area contributed by atoms with Gasteiger partial charge in [-0.2, -0.15) is 11.8 Å². The number of aromatic nitrogens is 1. The highest BCUT2D eigenvalue weighted by atomic mass is 32.2. The van der Waals surface area contributed by atoms with E-state index in [1.54, 1.807) is 0 Å². The molecular formula is C16H21N3S. The van der Waals surface area contributed by atoms with E-state index in [2.05, 4.69) is 47.5 Å². The molecule has 1 atom stereocenters. The molecule has 2 aromatic rings. The predicted molar refractivity (Wildman–Crippen MR) is 88.6 cm³/mol. The van der Waals surface area contributed by atoms with Crippen LogP contribution in [-0.2, 0) is 6.54 Å². The van der Waals surface area contributed by atoms with Crippen LogP contribution in [0, 0.1) is 0 Å². The number of thioether (sulfide) groups is 1. The van der Waals surface area contributed by atoms with Gasteiger partial charge in [0.05, 0.1) is 5.52 Å². The van der Waals surface area contributed by atoms with Gasteiger partial charge in [0.15, 0.2) is 0 Å². The zero-order chi connectivity index (χ0) is 13.9. The summed E-state index contributed by atoms with van der Waals surface area (Å²) in [5.74, 6) is 3.51. The molecule has 0 amide bonds. The molecule has 0 spiro atoms. The molecule has 106 valence electrons. The first-order valence-corrected chi connectivity index (χ1v) is 8.32. The zero-order valence-corrected chi connectivity index (χ0v) is 12.9. The minimum absolute atomic E-state index is 0.560. The topological polar surface area (TPSA) is 28.2 Å². The average molecular weight is 287 g/mol. The highest BCUT2D eigenvalue weighted by Gasteiger charge is 2.20. The Bertz CT molecular complexity index is 599. The molecular weight excluding hydrogens is 266 g/mol. The Morgan fingerprint density at radius 1 is 1.40 bits per heavy atom. The molecule has 1 aliphatic heterocycles. The van der Waals surface area contributed by atoms with Crippen LogP contribution >= 0.6 is 11.8 Å². The smallest absolute Gasteiger partial charge is 0.129 e. The van der Waals surface area contributed by atoms with Crippen LogP contribution in [0.5, 0.6) is 0 Å². The summed E-state index contributed by atoms with van der Waals surface area (Å²) in [4.78, 5) is 7.33. The lowest BCUT2D eigenvalue weighted by molar-refractivity contribution is 0.690. The molecule has 1 unspecified atom stereocenters. The number of nitrogens with zero attached hydrogens (tertiary/aromatic N) is 2. The Kier molecular flexibility index (Phi) is 4.13. The van der Waals surface area contributed by atoms with Gasteiger partial charge in [0.1, 0.15) is 5.82 Å². The summed E-state index contributed by atoms with van der Waals surface area (Å²) in [5, 5.41) is 4.52. The number of rotatable bonds is 3. The quantitative estimate of drug-likeness (QED) is 0.939. The van der Waals surface area contributed by atoms with Crippen LogP contribution in [0.4, 0.5) is 5.82 Å². The maximum Gasteiger partial charge on any atom is 0.129 e. The van der Waals surface area contributed by atoms with Crippen LogP contribution < -0.4 is 10.2 Å². The molecule has 0 radical (unpaired) electrons. The van der Waals surface area contributed by atoms with Gasteiger partial charge >= 0.3 is 0 Å². The number of hydrogen-bond donors (Lipinski definition) is 1. The molecule has 2 heterocycles. The lowest BCUT2D eigenvalue weighted by Gasteiger charge is -2.34. The van der Waals surface area contributed by atoms with Gasteiger partial charge in [-0.05, 0) is 31.7 Å². The van der Waals surface area contributed by atoms with Gasteiger partial charge in [-0.3, -0.25) is 0 Å². The van der Waals surface area contributed by atoms with Crippen molar-refractivity contribution >= 4 is 28.5 Å². The molecule has 1 aromatic heterocycles. The molecule has 1 N–H and O–H groups in total. The summed E-state index contributed by atoms with van der Waals surface area (Å²) in [6.45, 7) is 4.27. The SMILES string of the molecule is CNCc1cc(N2CCSCC2C)nc2ccccc12. The molecule has 0 aliphatic carbocycles. The van der Waals surface area contributed by atoms with E-state index >= 15 is 0 Å². The summed E-state index contributed by atoms with van der Waals surface area (Å²) >= 11 is 2.04. The Balaban J connectivity index is 2.06. The van der Waals surface area contributed by atoms with Crippen LogP contribution in [0.2, 0.25) is 0 Å². The Labute approximate surface area is 124 Å². The molecule has 1 aliphatic rings. The largest absolute Gasteiger partial charge is 0.352 e. The summed E-state index contributed by atoms with van der Waals surface area (Å²) < 4.78 is 0. The first-order valence-electron chi connectivity index (χ1n) is 7.17. The first-order chi connectivity index (χ1) is 9.79. The van der Waals surface area contributed by atoms with E-state index in [4.69, 9.17) is 4.98 Å². The minimum Gasteiger partial charge on any atom is -0.352 e. The van der Waals surface area contributed by atoms with Gasteiger partial charge < -0.3 is 10.2 Å². The Morgan fingerprint density at radius 2 is 2.25 bits per heavy atom. The van der Waals surface area contributed by atoms with Crippen molar-refractivity contribution in [3.8, 4) is 0 Å².